The van der Waals surface area contributed by atoms with Gasteiger partial charge in [-0.15, -0.1) is 0 Å². The number of para-hydroxylation sites is 4. The fourth-order valence-corrected chi connectivity index (χ4v) is 8.52. The molecule has 3 aromatic heterocycles. The number of phenols is 1. The van der Waals surface area contributed by atoms with E-state index in [9.17, 15) is 5.11 Å². The van der Waals surface area contributed by atoms with Crippen LogP contribution >= 0.6 is 0 Å². The molecular weight excluding hydrogens is 705 g/mol. The van der Waals surface area contributed by atoms with E-state index >= 15 is 0 Å². The number of ether oxygens (including phenoxy) is 2. The number of anilines is 3. The third kappa shape index (κ3) is 4.79. The first-order valence-electron chi connectivity index (χ1n) is 18.9. The van der Waals surface area contributed by atoms with Gasteiger partial charge < -0.3 is 14.6 Å². The van der Waals surface area contributed by atoms with Crippen molar-refractivity contribution in [2.45, 2.75) is 0 Å². The molecule has 0 spiro atoms. The van der Waals surface area contributed by atoms with Crippen LogP contribution in [-0.4, -0.2) is 19.6 Å². The fraction of sp³-hybridized carbons (Fsp3) is 0. The molecule has 0 fully saturated rings. The molecule has 57 heavy (non-hydrogen) atoms. The number of aromatic nitrogens is 3. The summed E-state index contributed by atoms with van der Waals surface area (Å²) in [4.78, 5) is 12.1. The average Bonchev–Trinajstić information content (AvgIpc) is 3.60. The van der Waals surface area contributed by atoms with Gasteiger partial charge in [0, 0.05) is 22.5 Å². The average molecular weight is 735 g/mol. The lowest BCUT2D eigenvalue weighted by Gasteiger charge is -2.38. The molecule has 0 amide bonds. The van der Waals surface area contributed by atoms with Gasteiger partial charge in [-0.3, -0.25) is 14.5 Å². The van der Waals surface area contributed by atoms with Crippen LogP contribution in [0.5, 0.6) is 28.7 Å². The lowest BCUT2D eigenvalue weighted by atomic mass is 9.99. The summed E-state index contributed by atoms with van der Waals surface area (Å²) >= 11 is 0. The second-order valence-corrected chi connectivity index (χ2v) is 14.4. The Bertz CT molecular complexity index is 3250. The van der Waals surface area contributed by atoms with Gasteiger partial charge in [-0.1, -0.05) is 97.1 Å². The maximum atomic E-state index is 11.0. The number of nitrogens with zero attached hydrogens (tertiary/aromatic N) is 4. The zero-order chi connectivity index (χ0) is 37.6. The molecule has 0 unspecified atom stereocenters. The number of benzene rings is 7. The van der Waals surface area contributed by atoms with Gasteiger partial charge in [-0.25, -0.2) is 4.98 Å². The molecule has 268 valence electrons. The normalized spacial score (nSPS) is 12.5. The highest BCUT2D eigenvalue weighted by atomic mass is 16.5. The minimum absolute atomic E-state index is 0.136. The second-order valence-electron chi connectivity index (χ2n) is 14.4. The van der Waals surface area contributed by atoms with E-state index in [1.54, 1.807) is 12.1 Å². The number of aromatic hydroxyl groups is 1. The fourth-order valence-electron chi connectivity index (χ4n) is 8.52. The van der Waals surface area contributed by atoms with Crippen molar-refractivity contribution < 1.29 is 14.6 Å². The Morgan fingerprint density at radius 1 is 0.474 bits per heavy atom. The van der Waals surface area contributed by atoms with Crippen LogP contribution in [0, 0.1) is 0 Å². The lowest BCUT2D eigenvalue weighted by Crippen LogP contribution is -2.20. The van der Waals surface area contributed by atoms with Crippen molar-refractivity contribution in [1.82, 2.24) is 14.5 Å². The Morgan fingerprint density at radius 3 is 2.05 bits per heavy atom. The van der Waals surface area contributed by atoms with Crippen LogP contribution < -0.4 is 14.4 Å². The molecular formula is C50H30N4O3. The second kappa shape index (κ2) is 12.1. The topological polar surface area (TPSA) is 72.6 Å². The molecule has 7 nitrogen and oxygen atoms in total. The number of rotatable bonds is 4. The first kappa shape index (κ1) is 31.5. The number of fused-ring (bicyclic) bond motifs is 8. The van der Waals surface area contributed by atoms with Gasteiger partial charge in [0.15, 0.2) is 23.0 Å². The zero-order valence-electron chi connectivity index (χ0n) is 30.3. The monoisotopic (exact) mass is 734 g/mol. The lowest BCUT2D eigenvalue weighted by molar-refractivity contribution is 0.434. The number of pyridine rings is 2. The van der Waals surface area contributed by atoms with Crippen molar-refractivity contribution in [3.05, 3.63) is 176 Å². The minimum Gasteiger partial charge on any atom is -0.506 e. The van der Waals surface area contributed by atoms with Crippen molar-refractivity contribution in [3.8, 4) is 67.9 Å². The molecule has 1 N–H and O–H groups in total. The van der Waals surface area contributed by atoms with Crippen LogP contribution in [0.25, 0.3) is 72.0 Å². The molecule has 0 aliphatic carbocycles. The zero-order valence-corrected chi connectivity index (χ0v) is 30.3. The van der Waals surface area contributed by atoms with Gasteiger partial charge in [-0.2, -0.15) is 0 Å². The first-order chi connectivity index (χ1) is 28.2. The molecule has 10 aromatic rings. The summed E-state index contributed by atoms with van der Waals surface area (Å²) in [7, 11) is 0. The summed E-state index contributed by atoms with van der Waals surface area (Å²) in [6.45, 7) is 0. The minimum atomic E-state index is 0.136. The maximum absolute atomic E-state index is 11.0. The van der Waals surface area contributed by atoms with Crippen LogP contribution in [-0.2, 0) is 0 Å². The highest BCUT2D eigenvalue weighted by Crippen LogP contribution is 2.62. The number of phenolic OH excluding ortho intramolecular Hbond substituents is 1. The van der Waals surface area contributed by atoms with Gasteiger partial charge in [0.2, 0.25) is 0 Å². The third-order valence-corrected chi connectivity index (χ3v) is 11.1. The maximum Gasteiger partial charge on any atom is 0.156 e. The molecule has 2 aliphatic heterocycles. The summed E-state index contributed by atoms with van der Waals surface area (Å²) in [5.74, 6) is 3.53. The predicted molar refractivity (Wildman–Crippen MR) is 227 cm³/mol. The Morgan fingerprint density at radius 2 is 1.18 bits per heavy atom. The molecule has 7 heteroatoms. The van der Waals surface area contributed by atoms with Crippen LogP contribution in [0.15, 0.2) is 176 Å². The van der Waals surface area contributed by atoms with E-state index in [1.807, 2.05) is 59.6 Å². The molecule has 5 heterocycles. The molecule has 7 aromatic carbocycles. The quantitative estimate of drug-likeness (QED) is 0.194. The van der Waals surface area contributed by atoms with Crippen molar-refractivity contribution in [2.75, 3.05) is 4.90 Å². The van der Waals surface area contributed by atoms with Crippen molar-refractivity contribution >= 4 is 49.9 Å². The van der Waals surface area contributed by atoms with E-state index in [4.69, 9.17) is 19.4 Å². The van der Waals surface area contributed by atoms with E-state index in [0.29, 0.717) is 28.7 Å². The van der Waals surface area contributed by atoms with Gasteiger partial charge >= 0.3 is 0 Å². The van der Waals surface area contributed by atoms with Gasteiger partial charge in [0.05, 0.1) is 27.8 Å². The molecule has 12 rings (SSSR count). The smallest absolute Gasteiger partial charge is 0.156 e. The predicted octanol–water partition coefficient (Wildman–Crippen LogP) is 13.1. The van der Waals surface area contributed by atoms with E-state index in [0.717, 1.165) is 77.8 Å². The highest BCUT2D eigenvalue weighted by Gasteiger charge is 2.36. The van der Waals surface area contributed by atoms with Gasteiger partial charge in [0.1, 0.15) is 22.9 Å². The summed E-state index contributed by atoms with van der Waals surface area (Å²) in [5, 5.41) is 13.2. The Hall–Kier alpha value is -7.90. The van der Waals surface area contributed by atoms with Crippen molar-refractivity contribution in [2.24, 2.45) is 0 Å². The third-order valence-electron chi connectivity index (χ3n) is 11.1. The van der Waals surface area contributed by atoms with Crippen LogP contribution in [0.2, 0.25) is 0 Å². The summed E-state index contributed by atoms with van der Waals surface area (Å²) < 4.78 is 15.3. The first-order valence-corrected chi connectivity index (χ1v) is 18.9. The van der Waals surface area contributed by atoms with E-state index in [-0.39, 0.29) is 5.75 Å². The number of hydrogen-bond donors (Lipinski definition) is 1. The molecule has 0 radical (unpaired) electrons. The SMILES string of the molecule is Oc1cccc2c1N1c3ccccc3Oc3cc(-c4ccc5c(c4)c4ccccc4n5-c4cc(-c5ccc(-c6ccccc6)cc5)c5ncccc5n4)cc(c31)O2. The van der Waals surface area contributed by atoms with E-state index in [1.165, 1.54) is 5.56 Å². The van der Waals surface area contributed by atoms with Gasteiger partial charge in [-0.05, 0) is 101 Å². The summed E-state index contributed by atoms with van der Waals surface area (Å²) in [6, 6.07) is 57.6. The van der Waals surface area contributed by atoms with Crippen LogP contribution in [0.3, 0.4) is 0 Å². The molecule has 0 saturated heterocycles. The van der Waals surface area contributed by atoms with Crippen molar-refractivity contribution in [3.63, 3.8) is 0 Å². The van der Waals surface area contributed by atoms with Crippen LogP contribution in [0.1, 0.15) is 0 Å². The summed E-state index contributed by atoms with van der Waals surface area (Å²) in [6.07, 6.45) is 1.83. The van der Waals surface area contributed by atoms with E-state index < -0.39 is 0 Å². The van der Waals surface area contributed by atoms with Crippen LogP contribution in [0.4, 0.5) is 17.1 Å². The highest BCUT2D eigenvalue weighted by molar-refractivity contribution is 6.11. The number of hydrogen-bond acceptors (Lipinski definition) is 6. The standard InChI is InChI=1S/C50H30N4O3/c55-42-16-8-18-44-49(42)54-41-15-6-7-17-43(41)56-45-27-34(28-46(57-44)50(45)54)33-23-24-40-37(26-33)35-12-4-5-14-39(35)53(40)47-29-36(48-38(52-47)13-9-25-51-48)32-21-19-31(20-22-32)30-10-2-1-3-11-30/h1-29,55H. The summed E-state index contributed by atoms with van der Waals surface area (Å²) in [5.41, 5.74) is 12.4. The Balaban J connectivity index is 1.01. The molecule has 0 saturated carbocycles. The molecule has 0 bridgehead atoms. The van der Waals surface area contributed by atoms with E-state index in [2.05, 4.69) is 114 Å². The molecule has 2 aliphatic rings. The van der Waals surface area contributed by atoms with Gasteiger partial charge in [0.25, 0.3) is 0 Å². The Kier molecular flexibility index (Phi) is 6.65. The van der Waals surface area contributed by atoms with Crippen molar-refractivity contribution in [1.29, 1.82) is 0 Å². The largest absolute Gasteiger partial charge is 0.506 e. The Labute approximate surface area is 326 Å². The molecule has 0 atom stereocenters.